The van der Waals surface area contributed by atoms with Crippen molar-refractivity contribution in [1.82, 2.24) is 9.62 Å². The topological polar surface area (TPSA) is 66.5 Å². The van der Waals surface area contributed by atoms with E-state index in [9.17, 15) is 13.2 Å². The highest BCUT2D eigenvalue weighted by Crippen LogP contribution is 2.23. The van der Waals surface area contributed by atoms with Crippen LogP contribution in [-0.2, 0) is 16.6 Å². The van der Waals surface area contributed by atoms with Crippen LogP contribution in [-0.4, -0.2) is 32.8 Å². The van der Waals surface area contributed by atoms with E-state index in [4.69, 9.17) is 0 Å². The number of benzene rings is 1. The number of halogens is 1. The van der Waals surface area contributed by atoms with E-state index < -0.39 is 10.0 Å². The number of amides is 1. The fraction of sp³-hybridized carbons (Fsp3) is 0.188. The van der Waals surface area contributed by atoms with Crippen molar-refractivity contribution in [2.45, 2.75) is 11.4 Å². The third-order valence-corrected chi connectivity index (χ3v) is 6.25. The lowest BCUT2D eigenvalue weighted by atomic mass is 10.2. The molecule has 1 N–H and O–H groups in total. The number of sulfonamides is 1. The SMILES string of the molecule is C=CCNS(=O)(=O)c1ccc(C(=O)N(C)Cc2ccc(Br)s2)cc1. The van der Waals surface area contributed by atoms with E-state index >= 15 is 0 Å². The Labute approximate surface area is 154 Å². The van der Waals surface area contributed by atoms with Crippen LogP contribution in [0.5, 0.6) is 0 Å². The molecule has 1 aromatic carbocycles. The van der Waals surface area contributed by atoms with E-state index in [1.165, 1.54) is 30.3 Å². The molecule has 128 valence electrons. The normalized spacial score (nSPS) is 11.2. The number of nitrogens with zero attached hydrogens (tertiary/aromatic N) is 1. The van der Waals surface area contributed by atoms with Crippen LogP contribution in [0, 0.1) is 0 Å². The molecule has 8 heteroatoms. The summed E-state index contributed by atoms with van der Waals surface area (Å²) in [5.41, 5.74) is 0.441. The van der Waals surface area contributed by atoms with Crippen molar-refractivity contribution >= 4 is 43.2 Å². The van der Waals surface area contributed by atoms with Crippen LogP contribution >= 0.6 is 27.3 Å². The third kappa shape index (κ3) is 4.76. The Morgan fingerprint density at radius 3 is 2.50 bits per heavy atom. The summed E-state index contributed by atoms with van der Waals surface area (Å²) in [6.07, 6.45) is 1.47. The molecule has 0 bridgehead atoms. The van der Waals surface area contributed by atoms with Gasteiger partial charge in [0.15, 0.2) is 0 Å². The maximum absolute atomic E-state index is 12.4. The number of carbonyl (C=O) groups excluding carboxylic acids is 1. The minimum Gasteiger partial charge on any atom is -0.337 e. The van der Waals surface area contributed by atoms with Crippen molar-refractivity contribution in [2.75, 3.05) is 13.6 Å². The van der Waals surface area contributed by atoms with Crippen molar-refractivity contribution in [1.29, 1.82) is 0 Å². The lowest BCUT2D eigenvalue weighted by Crippen LogP contribution is -2.26. The van der Waals surface area contributed by atoms with Crippen LogP contribution in [0.4, 0.5) is 0 Å². The molecule has 2 aromatic rings. The van der Waals surface area contributed by atoms with E-state index in [-0.39, 0.29) is 17.3 Å². The van der Waals surface area contributed by atoms with Gasteiger partial charge < -0.3 is 4.90 Å². The third-order valence-electron chi connectivity index (χ3n) is 3.20. The smallest absolute Gasteiger partial charge is 0.253 e. The molecular formula is C16H17BrN2O3S2. The second-order valence-electron chi connectivity index (χ2n) is 5.03. The van der Waals surface area contributed by atoms with Crippen LogP contribution < -0.4 is 4.72 Å². The minimum absolute atomic E-state index is 0.116. The molecule has 0 saturated carbocycles. The molecule has 0 aliphatic heterocycles. The Morgan fingerprint density at radius 2 is 1.96 bits per heavy atom. The molecule has 1 heterocycles. The first kappa shape index (κ1) is 18.9. The van der Waals surface area contributed by atoms with Gasteiger partial charge in [0.05, 0.1) is 15.2 Å². The number of nitrogens with one attached hydrogen (secondary N) is 1. The maximum atomic E-state index is 12.4. The summed E-state index contributed by atoms with van der Waals surface area (Å²) in [6, 6.07) is 9.79. The zero-order valence-corrected chi connectivity index (χ0v) is 16.2. The van der Waals surface area contributed by atoms with Gasteiger partial charge in [-0.1, -0.05) is 6.08 Å². The summed E-state index contributed by atoms with van der Waals surface area (Å²) in [7, 11) is -1.87. The molecule has 5 nitrogen and oxygen atoms in total. The summed E-state index contributed by atoms with van der Waals surface area (Å²) >= 11 is 4.96. The molecule has 1 aromatic heterocycles. The summed E-state index contributed by atoms with van der Waals surface area (Å²) in [5.74, 6) is -0.164. The van der Waals surface area contributed by atoms with Crippen LogP contribution in [0.25, 0.3) is 0 Å². The molecule has 0 unspecified atom stereocenters. The van der Waals surface area contributed by atoms with Gasteiger partial charge in [0.25, 0.3) is 5.91 Å². The van der Waals surface area contributed by atoms with E-state index in [1.807, 2.05) is 12.1 Å². The lowest BCUT2D eigenvalue weighted by molar-refractivity contribution is 0.0786. The van der Waals surface area contributed by atoms with E-state index in [0.717, 1.165) is 8.66 Å². The van der Waals surface area contributed by atoms with Crippen LogP contribution in [0.2, 0.25) is 0 Å². The summed E-state index contributed by atoms with van der Waals surface area (Å²) in [5, 5.41) is 0. The highest BCUT2D eigenvalue weighted by molar-refractivity contribution is 9.11. The molecule has 0 spiro atoms. The molecule has 0 aliphatic carbocycles. The second-order valence-corrected chi connectivity index (χ2v) is 9.35. The van der Waals surface area contributed by atoms with Gasteiger partial charge >= 0.3 is 0 Å². The zero-order valence-electron chi connectivity index (χ0n) is 13.0. The quantitative estimate of drug-likeness (QED) is 0.688. The van der Waals surface area contributed by atoms with Gasteiger partial charge in [-0.25, -0.2) is 13.1 Å². The fourth-order valence-corrected chi connectivity index (χ4v) is 4.53. The minimum atomic E-state index is -3.58. The summed E-state index contributed by atoms with van der Waals surface area (Å²) in [4.78, 5) is 15.2. The summed E-state index contributed by atoms with van der Waals surface area (Å²) < 4.78 is 27.4. The van der Waals surface area contributed by atoms with E-state index in [2.05, 4.69) is 27.2 Å². The average Bonchev–Trinajstić information content (AvgIpc) is 2.97. The first-order valence-electron chi connectivity index (χ1n) is 7.04. The highest BCUT2D eigenvalue weighted by Gasteiger charge is 2.16. The van der Waals surface area contributed by atoms with Crippen LogP contribution in [0.3, 0.4) is 0 Å². The van der Waals surface area contributed by atoms with Gasteiger partial charge in [0, 0.05) is 24.0 Å². The zero-order chi connectivity index (χ0) is 17.7. The Kier molecular flexibility index (Phi) is 6.34. The molecule has 0 radical (unpaired) electrons. The van der Waals surface area contributed by atoms with Gasteiger partial charge in [-0.3, -0.25) is 4.79 Å². The number of hydrogen-bond donors (Lipinski definition) is 1. The standard InChI is InChI=1S/C16H17BrN2O3S2/c1-3-10-18-24(21,22)14-7-4-12(5-8-14)16(20)19(2)11-13-6-9-15(17)23-13/h3-9,18H,1,10-11H2,2H3. The van der Waals surface area contributed by atoms with E-state index in [0.29, 0.717) is 12.1 Å². The predicted octanol–water partition coefficient (Wildman–Crippen LogP) is 3.25. The summed E-state index contributed by atoms with van der Waals surface area (Å²) in [6.45, 7) is 4.12. The van der Waals surface area contributed by atoms with Crippen molar-refractivity contribution in [3.8, 4) is 0 Å². The number of thiophene rings is 1. The largest absolute Gasteiger partial charge is 0.337 e. The van der Waals surface area contributed by atoms with Gasteiger partial charge in [-0.2, -0.15) is 0 Å². The number of carbonyl (C=O) groups is 1. The van der Waals surface area contributed by atoms with Crippen molar-refractivity contribution in [3.63, 3.8) is 0 Å². The van der Waals surface area contributed by atoms with Crippen molar-refractivity contribution in [2.24, 2.45) is 0 Å². The average molecular weight is 429 g/mol. The Balaban J connectivity index is 2.09. The molecule has 24 heavy (non-hydrogen) atoms. The molecule has 2 rings (SSSR count). The predicted molar refractivity (Wildman–Crippen MR) is 99.6 cm³/mol. The van der Waals surface area contributed by atoms with Crippen molar-refractivity contribution in [3.05, 3.63) is 63.3 Å². The number of rotatable bonds is 7. The van der Waals surface area contributed by atoms with E-state index in [1.54, 1.807) is 23.3 Å². The highest BCUT2D eigenvalue weighted by atomic mass is 79.9. The Hall–Kier alpha value is -1.48. The monoisotopic (exact) mass is 428 g/mol. The molecular weight excluding hydrogens is 412 g/mol. The molecule has 0 fully saturated rings. The first-order valence-corrected chi connectivity index (χ1v) is 10.1. The van der Waals surface area contributed by atoms with Crippen LogP contribution in [0.1, 0.15) is 15.2 Å². The van der Waals surface area contributed by atoms with Gasteiger partial charge in [-0.05, 0) is 52.3 Å². The molecule has 1 amide bonds. The Morgan fingerprint density at radius 1 is 1.29 bits per heavy atom. The van der Waals surface area contributed by atoms with Gasteiger partial charge in [0.1, 0.15) is 0 Å². The molecule has 0 saturated heterocycles. The van der Waals surface area contributed by atoms with Gasteiger partial charge in [-0.15, -0.1) is 17.9 Å². The Bertz CT molecular complexity index is 829. The first-order chi connectivity index (χ1) is 11.3. The van der Waals surface area contributed by atoms with Gasteiger partial charge in [0.2, 0.25) is 10.0 Å². The van der Waals surface area contributed by atoms with Crippen LogP contribution in [0.15, 0.2) is 57.7 Å². The number of hydrogen-bond acceptors (Lipinski definition) is 4. The molecule has 0 aliphatic rings. The van der Waals surface area contributed by atoms with Crippen molar-refractivity contribution < 1.29 is 13.2 Å². The molecule has 0 atom stereocenters. The fourth-order valence-electron chi connectivity index (χ4n) is 1.99. The maximum Gasteiger partial charge on any atom is 0.253 e. The lowest BCUT2D eigenvalue weighted by Gasteiger charge is -2.16. The second kappa shape index (κ2) is 8.06.